The lowest BCUT2D eigenvalue weighted by atomic mass is 10.1. The minimum atomic E-state index is -0.571. The van der Waals surface area contributed by atoms with Crippen LogP contribution in [0.2, 0.25) is 0 Å². The maximum absolute atomic E-state index is 12.6. The maximum Gasteiger partial charge on any atom is 0.274 e. The van der Waals surface area contributed by atoms with Crippen molar-refractivity contribution in [3.8, 4) is 0 Å². The van der Waals surface area contributed by atoms with Gasteiger partial charge in [-0.15, -0.1) is 0 Å². The number of hydrogen-bond acceptors (Lipinski definition) is 4. The Morgan fingerprint density at radius 2 is 1.71 bits per heavy atom. The molecular formula is C18H20N2O4. The topological polar surface area (TPSA) is 78.9 Å². The fraction of sp³-hybridized carbons (Fsp3) is 0.222. The van der Waals surface area contributed by atoms with Gasteiger partial charge in [0.2, 0.25) is 0 Å². The summed E-state index contributed by atoms with van der Waals surface area (Å²) < 4.78 is 5.09. The largest absolute Gasteiger partial charge is 0.383 e. The van der Waals surface area contributed by atoms with Crippen molar-refractivity contribution in [1.29, 1.82) is 0 Å². The van der Waals surface area contributed by atoms with E-state index in [-0.39, 0.29) is 5.91 Å². The van der Waals surface area contributed by atoms with Crippen LogP contribution in [-0.4, -0.2) is 42.2 Å². The Balaban J connectivity index is 2.13. The second-order valence-electron chi connectivity index (χ2n) is 5.22. The number of amides is 2. The van der Waals surface area contributed by atoms with Gasteiger partial charge in [0.15, 0.2) is 0 Å². The van der Waals surface area contributed by atoms with Crippen LogP contribution < -0.4 is 5.48 Å². The van der Waals surface area contributed by atoms with Crippen molar-refractivity contribution in [3.63, 3.8) is 0 Å². The van der Waals surface area contributed by atoms with E-state index in [1.165, 1.54) is 0 Å². The zero-order chi connectivity index (χ0) is 17.4. The van der Waals surface area contributed by atoms with Gasteiger partial charge < -0.3 is 9.64 Å². The number of hydroxylamine groups is 1. The van der Waals surface area contributed by atoms with Gasteiger partial charge >= 0.3 is 0 Å². The van der Waals surface area contributed by atoms with E-state index in [2.05, 4.69) is 0 Å². The zero-order valence-corrected chi connectivity index (χ0v) is 13.4. The molecule has 0 radical (unpaired) electrons. The first kappa shape index (κ1) is 17.7. The fourth-order valence-electron chi connectivity index (χ4n) is 2.26. The molecule has 0 aliphatic rings. The predicted molar refractivity (Wildman–Crippen MR) is 88.8 cm³/mol. The fourth-order valence-corrected chi connectivity index (χ4v) is 2.26. The van der Waals surface area contributed by atoms with Crippen molar-refractivity contribution < 1.29 is 19.5 Å². The number of methoxy groups -OCH3 is 1. The van der Waals surface area contributed by atoms with Crippen LogP contribution in [0.5, 0.6) is 0 Å². The predicted octanol–water partition coefficient (Wildman–Crippen LogP) is 2.09. The highest BCUT2D eigenvalue weighted by atomic mass is 16.5. The first-order valence-electron chi connectivity index (χ1n) is 7.52. The Morgan fingerprint density at radius 3 is 2.29 bits per heavy atom. The first-order valence-corrected chi connectivity index (χ1v) is 7.52. The van der Waals surface area contributed by atoms with E-state index in [1.54, 1.807) is 53.9 Å². The summed E-state index contributed by atoms with van der Waals surface area (Å²) in [6, 6.07) is 15.8. The molecule has 0 unspecified atom stereocenters. The lowest BCUT2D eigenvalue weighted by molar-refractivity contribution is 0.0678. The molecule has 2 N–H and O–H groups in total. The van der Waals surface area contributed by atoms with Crippen molar-refractivity contribution in [2.45, 2.75) is 6.54 Å². The van der Waals surface area contributed by atoms with Crippen LogP contribution in [0.15, 0.2) is 54.6 Å². The molecule has 0 bridgehead atoms. The Bertz CT molecular complexity index is 671. The molecule has 0 heterocycles. The number of nitrogens with zero attached hydrogens (tertiary/aromatic N) is 1. The zero-order valence-electron chi connectivity index (χ0n) is 13.4. The average Bonchev–Trinajstić information content (AvgIpc) is 2.65. The Kier molecular flexibility index (Phi) is 6.48. The van der Waals surface area contributed by atoms with Crippen LogP contribution in [0, 0.1) is 0 Å². The molecule has 24 heavy (non-hydrogen) atoms. The Labute approximate surface area is 140 Å². The van der Waals surface area contributed by atoms with Gasteiger partial charge in [-0.2, -0.15) is 0 Å². The van der Waals surface area contributed by atoms with E-state index in [0.717, 1.165) is 5.56 Å². The molecule has 126 valence electrons. The maximum atomic E-state index is 12.6. The van der Waals surface area contributed by atoms with Crippen LogP contribution in [0.4, 0.5) is 0 Å². The quantitative estimate of drug-likeness (QED) is 0.602. The number of hydrogen-bond donors (Lipinski definition) is 2. The Morgan fingerprint density at radius 1 is 1.04 bits per heavy atom. The SMILES string of the molecule is COCCN(Cc1ccc(C(=O)NO)cc1)C(=O)c1ccccc1. The molecule has 0 aromatic heterocycles. The van der Waals surface area contributed by atoms with E-state index in [0.29, 0.717) is 30.8 Å². The molecule has 2 amide bonds. The molecular weight excluding hydrogens is 308 g/mol. The van der Waals surface area contributed by atoms with Gasteiger partial charge in [-0.05, 0) is 29.8 Å². The van der Waals surface area contributed by atoms with Gasteiger partial charge in [-0.1, -0.05) is 30.3 Å². The molecule has 0 saturated carbocycles. The first-order chi connectivity index (χ1) is 11.7. The molecule has 6 heteroatoms. The molecule has 0 atom stereocenters. The van der Waals surface area contributed by atoms with E-state index in [9.17, 15) is 9.59 Å². The normalized spacial score (nSPS) is 10.2. The number of nitrogens with one attached hydrogen (secondary N) is 1. The van der Waals surface area contributed by atoms with Crippen molar-refractivity contribution in [2.75, 3.05) is 20.3 Å². The van der Waals surface area contributed by atoms with Gasteiger partial charge in [-0.25, -0.2) is 5.48 Å². The van der Waals surface area contributed by atoms with Gasteiger partial charge in [-0.3, -0.25) is 14.8 Å². The number of carbonyl (C=O) groups is 2. The number of rotatable bonds is 7. The van der Waals surface area contributed by atoms with Gasteiger partial charge in [0, 0.05) is 31.3 Å². The third-order valence-electron chi connectivity index (χ3n) is 3.56. The minimum Gasteiger partial charge on any atom is -0.383 e. The number of carbonyl (C=O) groups excluding carboxylic acids is 2. The summed E-state index contributed by atoms with van der Waals surface area (Å²) >= 11 is 0. The monoisotopic (exact) mass is 328 g/mol. The van der Waals surface area contributed by atoms with Crippen molar-refractivity contribution >= 4 is 11.8 Å². The van der Waals surface area contributed by atoms with Crippen molar-refractivity contribution in [2.24, 2.45) is 0 Å². The summed E-state index contributed by atoms with van der Waals surface area (Å²) in [5.41, 5.74) is 3.43. The molecule has 2 rings (SSSR count). The standard InChI is InChI=1S/C18H20N2O4/c1-24-12-11-20(18(22)16-5-3-2-4-6-16)13-14-7-9-15(10-8-14)17(21)19-23/h2-10,23H,11-13H2,1H3,(H,19,21). The summed E-state index contributed by atoms with van der Waals surface area (Å²) in [5.74, 6) is -0.650. The van der Waals surface area contributed by atoms with Crippen molar-refractivity contribution in [1.82, 2.24) is 10.4 Å². The van der Waals surface area contributed by atoms with E-state index in [1.807, 2.05) is 18.2 Å². The van der Waals surface area contributed by atoms with Crippen LogP contribution in [0.1, 0.15) is 26.3 Å². The van der Waals surface area contributed by atoms with Gasteiger partial charge in [0.25, 0.3) is 11.8 Å². The van der Waals surface area contributed by atoms with E-state index < -0.39 is 5.91 Å². The highest BCUT2D eigenvalue weighted by molar-refractivity contribution is 5.94. The molecule has 0 fully saturated rings. The third-order valence-corrected chi connectivity index (χ3v) is 3.56. The van der Waals surface area contributed by atoms with E-state index in [4.69, 9.17) is 9.94 Å². The number of ether oxygens (including phenoxy) is 1. The molecule has 2 aromatic carbocycles. The van der Waals surface area contributed by atoms with E-state index >= 15 is 0 Å². The summed E-state index contributed by atoms with van der Waals surface area (Å²) in [6.45, 7) is 1.30. The summed E-state index contributed by atoms with van der Waals surface area (Å²) in [5, 5.41) is 8.63. The lowest BCUT2D eigenvalue weighted by Crippen LogP contribution is -2.33. The highest BCUT2D eigenvalue weighted by Crippen LogP contribution is 2.11. The minimum absolute atomic E-state index is 0.0789. The average molecular weight is 328 g/mol. The van der Waals surface area contributed by atoms with Crippen molar-refractivity contribution in [3.05, 3.63) is 71.3 Å². The molecule has 2 aromatic rings. The van der Waals surface area contributed by atoms with Crippen LogP contribution in [0.3, 0.4) is 0 Å². The molecule has 0 aliphatic heterocycles. The Hall–Kier alpha value is -2.70. The molecule has 0 aliphatic carbocycles. The van der Waals surface area contributed by atoms with Gasteiger partial charge in [0.05, 0.1) is 6.61 Å². The molecule has 0 saturated heterocycles. The summed E-state index contributed by atoms with van der Waals surface area (Å²) in [4.78, 5) is 25.7. The summed E-state index contributed by atoms with van der Waals surface area (Å²) in [7, 11) is 1.59. The molecule has 6 nitrogen and oxygen atoms in total. The highest BCUT2D eigenvalue weighted by Gasteiger charge is 2.16. The summed E-state index contributed by atoms with van der Waals surface area (Å²) in [6.07, 6.45) is 0. The smallest absolute Gasteiger partial charge is 0.274 e. The van der Waals surface area contributed by atoms with Crippen LogP contribution in [0.25, 0.3) is 0 Å². The van der Waals surface area contributed by atoms with Gasteiger partial charge in [0.1, 0.15) is 0 Å². The lowest BCUT2D eigenvalue weighted by Gasteiger charge is -2.22. The second-order valence-corrected chi connectivity index (χ2v) is 5.22. The van der Waals surface area contributed by atoms with Crippen LogP contribution >= 0.6 is 0 Å². The molecule has 0 spiro atoms. The van der Waals surface area contributed by atoms with Crippen LogP contribution in [-0.2, 0) is 11.3 Å². The third kappa shape index (κ3) is 4.65. The number of benzene rings is 2. The second kappa shape index (κ2) is 8.81.